The molecule has 92 valence electrons. The number of likely N-dealkylation sites (tertiary alicyclic amines) is 1. The van der Waals surface area contributed by atoms with Crippen LogP contribution in [0.2, 0.25) is 0 Å². The predicted octanol–water partition coefficient (Wildman–Crippen LogP) is 0.444. The molecule has 0 aromatic heterocycles. The molecule has 1 saturated heterocycles. The van der Waals surface area contributed by atoms with Crippen LogP contribution in [0.3, 0.4) is 0 Å². The van der Waals surface area contributed by atoms with Crippen LogP contribution in [0.5, 0.6) is 0 Å². The van der Waals surface area contributed by atoms with Crippen LogP contribution < -0.4 is 0 Å². The summed E-state index contributed by atoms with van der Waals surface area (Å²) in [5.41, 5.74) is -1.19. The SMILES string of the molecule is CCOC(=O)N1CCC(O)(CC(=O)O)CC1. The van der Waals surface area contributed by atoms with Gasteiger partial charge in [-0.3, -0.25) is 4.79 Å². The molecule has 0 aromatic carbocycles. The number of rotatable bonds is 3. The summed E-state index contributed by atoms with van der Waals surface area (Å²) in [6, 6.07) is 0. The Balaban J connectivity index is 2.44. The van der Waals surface area contributed by atoms with E-state index in [0.29, 0.717) is 19.7 Å². The first kappa shape index (κ1) is 12.8. The van der Waals surface area contributed by atoms with Crippen LogP contribution in [0.15, 0.2) is 0 Å². The highest BCUT2D eigenvalue weighted by Crippen LogP contribution is 2.25. The topological polar surface area (TPSA) is 87.1 Å². The summed E-state index contributed by atoms with van der Waals surface area (Å²) in [6.07, 6.45) is -0.125. The van der Waals surface area contributed by atoms with Gasteiger partial charge in [0.25, 0.3) is 0 Å². The molecule has 1 aliphatic heterocycles. The highest BCUT2D eigenvalue weighted by Gasteiger charge is 2.36. The van der Waals surface area contributed by atoms with Gasteiger partial charge in [0.05, 0.1) is 18.6 Å². The van der Waals surface area contributed by atoms with Gasteiger partial charge in [-0.2, -0.15) is 0 Å². The fourth-order valence-corrected chi connectivity index (χ4v) is 1.78. The Morgan fingerprint density at radius 3 is 2.38 bits per heavy atom. The molecule has 0 spiro atoms. The van der Waals surface area contributed by atoms with Gasteiger partial charge in [0.2, 0.25) is 0 Å². The summed E-state index contributed by atoms with van der Waals surface area (Å²) in [5.74, 6) is -1.02. The number of carbonyl (C=O) groups excluding carboxylic acids is 1. The number of aliphatic hydroxyl groups is 1. The van der Waals surface area contributed by atoms with Gasteiger partial charge in [-0.05, 0) is 19.8 Å². The first-order valence-corrected chi connectivity index (χ1v) is 5.33. The molecule has 1 rings (SSSR count). The van der Waals surface area contributed by atoms with Crippen molar-refractivity contribution in [3.8, 4) is 0 Å². The number of aliphatic carboxylic acids is 1. The maximum Gasteiger partial charge on any atom is 0.409 e. The molecule has 0 aromatic rings. The van der Waals surface area contributed by atoms with Crippen molar-refractivity contribution >= 4 is 12.1 Å². The third kappa shape index (κ3) is 3.37. The van der Waals surface area contributed by atoms with Gasteiger partial charge in [0.15, 0.2) is 0 Å². The Morgan fingerprint density at radius 2 is 1.94 bits per heavy atom. The Kier molecular flexibility index (Phi) is 4.12. The predicted molar refractivity (Wildman–Crippen MR) is 55.0 cm³/mol. The third-order valence-corrected chi connectivity index (χ3v) is 2.70. The molecule has 1 fully saturated rings. The number of hydrogen-bond donors (Lipinski definition) is 2. The number of carboxylic acid groups (broad SMARTS) is 1. The van der Waals surface area contributed by atoms with E-state index in [4.69, 9.17) is 9.84 Å². The van der Waals surface area contributed by atoms with E-state index in [9.17, 15) is 14.7 Å². The molecule has 0 saturated carbocycles. The quantitative estimate of drug-likeness (QED) is 0.736. The number of carboxylic acids is 1. The van der Waals surface area contributed by atoms with Crippen molar-refractivity contribution in [1.29, 1.82) is 0 Å². The number of nitrogens with zero attached hydrogens (tertiary/aromatic N) is 1. The first-order chi connectivity index (χ1) is 7.47. The van der Waals surface area contributed by atoms with E-state index in [1.165, 1.54) is 4.90 Å². The minimum Gasteiger partial charge on any atom is -0.481 e. The maximum absolute atomic E-state index is 11.3. The van der Waals surface area contributed by atoms with Gasteiger partial charge in [-0.1, -0.05) is 0 Å². The minimum atomic E-state index is -1.19. The Labute approximate surface area is 93.8 Å². The first-order valence-electron chi connectivity index (χ1n) is 5.33. The normalized spacial score (nSPS) is 19.2. The molecule has 6 heteroatoms. The van der Waals surface area contributed by atoms with Crippen LogP contribution in [-0.2, 0) is 9.53 Å². The van der Waals surface area contributed by atoms with Crippen LogP contribution in [0.4, 0.5) is 4.79 Å². The molecule has 0 unspecified atom stereocenters. The van der Waals surface area contributed by atoms with Gasteiger partial charge in [0, 0.05) is 13.1 Å². The molecular formula is C10H17NO5. The van der Waals surface area contributed by atoms with Crippen molar-refractivity contribution in [3.63, 3.8) is 0 Å². The molecule has 2 N–H and O–H groups in total. The highest BCUT2D eigenvalue weighted by atomic mass is 16.6. The third-order valence-electron chi connectivity index (χ3n) is 2.70. The van der Waals surface area contributed by atoms with Gasteiger partial charge >= 0.3 is 12.1 Å². The maximum atomic E-state index is 11.3. The monoisotopic (exact) mass is 231 g/mol. The average Bonchev–Trinajstić information content (AvgIpc) is 2.17. The zero-order chi connectivity index (χ0) is 12.2. The molecule has 0 atom stereocenters. The molecule has 1 heterocycles. The van der Waals surface area contributed by atoms with Crippen molar-refractivity contribution in [2.75, 3.05) is 19.7 Å². The Morgan fingerprint density at radius 1 is 1.38 bits per heavy atom. The zero-order valence-electron chi connectivity index (χ0n) is 9.31. The Bertz CT molecular complexity index is 270. The summed E-state index contributed by atoms with van der Waals surface area (Å²) in [6.45, 7) is 2.71. The van der Waals surface area contributed by atoms with Crippen LogP contribution >= 0.6 is 0 Å². The second-order valence-electron chi connectivity index (χ2n) is 3.98. The fraction of sp³-hybridized carbons (Fsp3) is 0.800. The van der Waals surface area contributed by atoms with Gasteiger partial charge in [0.1, 0.15) is 0 Å². The largest absolute Gasteiger partial charge is 0.481 e. The van der Waals surface area contributed by atoms with E-state index in [0.717, 1.165) is 0 Å². The smallest absolute Gasteiger partial charge is 0.409 e. The number of carbonyl (C=O) groups is 2. The summed E-state index contributed by atoms with van der Waals surface area (Å²) < 4.78 is 4.82. The van der Waals surface area contributed by atoms with Gasteiger partial charge in [-0.25, -0.2) is 4.79 Å². The lowest BCUT2D eigenvalue weighted by Gasteiger charge is -2.36. The molecule has 1 amide bonds. The minimum absolute atomic E-state index is 0.274. The van der Waals surface area contributed by atoms with Gasteiger partial charge < -0.3 is 19.8 Å². The average molecular weight is 231 g/mol. The highest BCUT2D eigenvalue weighted by molar-refractivity contribution is 5.69. The molecule has 0 aliphatic carbocycles. The van der Waals surface area contributed by atoms with Crippen LogP contribution in [-0.4, -0.2) is 52.5 Å². The molecule has 0 radical (unpaired) electrons. The fourth-order valence-electron chi connectivity index (χ4n) is 1.78. The van der Waals surface area contributed by atoms with Crippen molar-refractivity contribution in [2.24, 2.45) is 0 Å². The molecule has 0 bridgehead atoms. The van der Waals surface area contributed by atoms with Crippen LogP contribution in [0.1, 0.15) is 26.2 Å². The van der Waals surface area contributed by atoms with Crippen molar-refractivity contribution in [2.45, 2.75) is 31.8 Å². The lowest BCUT2D eigenvalue weighted by Crippen LogP contribution is -2.47. The van der Waals surface area contributed by atoms with Crippen molar-refractivity contribution < 1.29 is 24.5 Å². The van der Waals surface area contributed by atoms with E-state index >= 15 is 0 Å². The summed E-state index contributed by atoms with van der Waals surface area (Å²) >= 11 is 0. The van der Waals surface area contributed by atoms with Gasteiger partial charge in [-0.15, -0.1) is 0 Å². The standard InChI is InChI=1S/C10H17NO5/c1-2-16-9(14)11-5-3-10(15,4-6-11)7-8(12)13/h15H,2-7H2,1H3,(H,12,13). The van der Waals surface area contributed by atoms with E-state index < -0.39 is 17.7 Å². The number of piperidine rings is 1. The molecule has 16 heavy (non-hydrogen) atoms. The van der Waals surface area contributed by atoms with Crippen molar-refractivity contribution in [3.05, 3.63) is 0 Å². The summed E-state index contributed by atoms with van der Waals surface area (Å²) in [7, 11) is 0. The molecule has 1 aliphatic rings. The second-order valence-corrected chi connectivity index (χ2v) is 3.98. The summed E-state index contributed by atoms with van der Waals surface area (Å²) in [5, 5.41) is 18.5. The zero-order valence-corrected chi connectivity index (χ0v) is 9.31. The number of hydrogen-bond acceptors (Lipinski definition) is 4. The number of ether oxygens (including phenoxy) is 1. The Hall–Kier alpha value is -1.30. The van der Waals surface area contributed by atoms with Crippen LogP contribution in [0.25, 0.3) is 0 Å². The summed E-state index contributed by atoms with van der Waals surface area (Å²) in [4.78, 5) is 23.3. The van der Waals surface area contributed by atoms with E-state index in [2.05, 4.69) is 0 Å². The van der Waals surface area contributed by atoms with Crippen molar-refractivity contribution in [1.82, 2.24) is 4.90 Å². The van der Waals surface area contributed by atoms with Crippen LogP contribution in [0, 0.1) is 0 Å². The lowest BCUT2D eigenvalue weighted by atomic mass is 9.88. The molecule has 6 nitrogen and oxygen atoms in total. The van der Waals surface area contributed by atoms with E-state index in [-0.39, 0.29) is 19.3 Å². The number of amides is 1. The van der Waals surface area contributed by atoms with E-state index in [1.807, 2.05) is 0 Å². The molecular weight excluding hydrogens is 214 g/mol. The lowest BCUT2D eigenvalue weighted by molar-refractivity contribution is -0.144. The van der Waals surface area contributed by atoms with E-state index in [1.54, 1.807) is 6.92 Å². The second kappa shape index (κ2) is 5.16.